The van der Waals surface area contributed by atoms with E-state index in [0.717, 1.165) is 34.1 Å². The number of fused-ring (bicyclic) bond motifs is 4. The molecule has 10 rings (SSSR count). The van der Waals surface area contributed by atoms with E-state index in [1.165, 1.54) is 52.5 Å². The molecule has 54 heavy (non-hydrogen) atoms. The lowest BCUT2D eigenvalue weighted by molar-refractivity contribution is 1.29. The van der Waals surface area contributed by atoms with Crippen LogP contribution in [0.1, 0.15) is 0 Å². The third-order valence-electron chi connectivity index (χ3n) is 10.1. The lowest BCUT2D eigenvalue weighted by Crippen LogP contribution is -2.10. The Balaban J connectivity index is 1.01. The highest BCUT2D eigenvalue weighted by atomic mass is 32.1. The molecule has 2 aromatic heterocycles. The predicted molar refractivity (Wildman–Crippen MR) is 235 cm³/mol. The molecule has 2 nitrogen and oxygen atoms in total. The molecule has 0 spiro atoms. The summed E-state index contributed by atoms with van der Waals surface area (Å²) < 4.78 is 3.90. The van der Waals surface area contributed by atoms with Crippen molar-refractivity contribution in [1.82, 2.24) is 0 Å². The zero-order valence-corrected chi connectivity index (χ0v) is 31.0. The van der Waals surface area contributed by atoms with Gasteiger partial charge in [0.25, 0.3) is 0 Å². The van der Waals surface area contributed by atoms with Gasteiger partial charge in [-0.25, -0.2) is 0 Å². The van der Waals surface area contributed by atoms with Gasteiger partial charge in [-0.3, -0.25) is 0 Å². The standard InChI is InChI=1S/C50H34N2S2/c1-3-9-35(10-4-1)36-15-22-42(23-16-36)52(44-29-30-49-47(33-44)46-13-7-8-14-48(46)54-49)43-26-19-38(20-27-43)37-17-24-41(25-18-37)51(40-11-5-2-6-12-40)45-28-21-39-31-32-53-50(39)34-45/h1-34H. The van der Waals surface area contributed by atoms with Crippen LogP contribution in [0.15, 0.2) is 206 Å². The largest absolute Gasteiger partial charge is 0.310 e. The Kier molecular flexibility index (Phi) is 8.25. The summed E-state index contributed by atoms with van der Waals surface area (Å²) >= 11 is 3.63. The van der Waals surface area contributed by atoms with Crippen LogP contribution in [0, 0.1) is 0 Å². The molecule has 0 aliphatic rings. The van der Waals surface area contributed by atoms with Crippen molar-refractivity contribution in [1.29, 1.82) is 0 Å². The van der Waals surface area contributed by atoms with Gasteiger partial charge in [-0.2, -0.15) is 0 Å². The van der Waals surface area contributed by atoms with Gasteiger partial charge in [0.15, 0.2) is 0 Å². The summed E-state index contributed by atoms with van der Waals surface area (Å²) in [7, 11) is 0. The Bertz CT molecular complexity index is 2860. The van der Waals surface area contributed by atoms with Crippen LogP contribution in [-0.4, -0.2) is 0 Å². The highest BCUT2D eigenvalue weighted by Gasteiger charge is 2.17. The molecule has 256 valence electrons. The molecule has 10 aromatic rings. The van der Waals surface area contributed by atoms with Crippen LogP contribution >= 0.6 is 22.7 Å². The molecule has 0 N–H and O–H groups in total. The maximum atomic E-state index is 2.37. The fourth-order valence-corrected chi connectivity index (χ4v) is 9.36. The van der Waals surface area contributed by atoms with Crippen LogP contribution in [0.4, 0.5) is 34.1 Å². The van der Waals surface area contributed by atoms with Crippen LogP contribution < -0.4 is 9.80 Å². The minimum absolute atomic E-state index is 1.11. The Morgan fingerprint density at radius 1 is 0.296 bits per heavy atom. The second kappa shape index (κ2) is 13.8. The van der Waals surface area contributed by atoms with Gasteiger partial charge in [0, 0.05) is 59.0 Å². The number of para-hydroxylation sites is 1. The second-order valence-electron chi connectivity index (χ2n) is 13.4. The molecule has 0 amide bonds. The molecule has 0 atom stereocenters. The zero-order chi connectivity index (χ0) is 35.8. The summed E-state index contributed by atoms with van der Waals surface area (Å²) in [5.74, 6) is 0. The van der Waals surface area contributed by atoms with E-state index in [0.29, 0.717) is 0 Å². The van der Waals surface area contributed by atoms with Crippen LogP contribution in [0.3, 0.4) is 0 Å². The fraction of sp³-hybridized carbons (Fsp3) is 0. The molecule has 0 aliphatic heterocycles. The zero-order valence-electron chi connectivity index (χ0n) is 29.3. The predicted octanol–water partition coefficient (Wildman–Crippen LogP) is 15.5. The highest BCUT2D eigenvalue weighted by Crippen LogP contribution is 2.42. The van der Waals surface area contributed by atoms with Crippen molar-refractivity contribution in [2.45, 2.75) is 0 Å². The van der Waals surface area contributed by atoms with Crippen molar-refractivity contribution in [2.75, 3.05) is 9.80 Å². The third-order valence-corrected chi connectivity index (χ3v) is 12.2. The molecule has 0 aliphatic carbocycles. The number of anilines is 6. The van der Waals surface area contributed by atoms with E-state index < -0.39 is 0 Å². The van der Waals surface area contributed by atoms with E-state index in [2.05, 4.69) is 215 Å². The Morgan fingerprint density at radius 2 is 0.759 bits per heavy atom. The number of hydrogen-bond acceptors (Lipinski definition) is 4. The van der Waals surface area contributed by atoms with Crippen LogP contribution in [0.5, 0.6) is 0 Å². The van der Waals surface area contributed by atoms with Gasteiger partial charge in [-0.05, 0) is 124 Å². The van der Waals surface area contributed by atoms with Gasteiger partial charge < -0.3 is 9.80 Å². The molecule has 0 saturated carbocycles. The third kappa shape index (κ3) is 6.02. The van der Waals surface area contributed by atoms with Crippen molar-refractivity contribution in [3.8, 4) is 22.3 Å². The average Bonchev–Trinajstić information content (AvgIpc) is 3.87. The average molecular weight is 727 g/mol. The summed E-state index contributed by atoms with van der Waals surface area (Å²) in [6, 6.07) is 72.5. The van der Waals surface area contributed by atoms with Crippen molar-refractivity contribution in [2.24, 2.45) is 0 Å². The first-order valence-corrected chi connectivity index (χ1v) is 19.8. The summed E-state index contributed by atoms with van der Waals surface area (Å²) in [4.78, 5) is 4.70. The molecule has 2 heterocycles. The van der Waals surface area contributed by atoms with Crippen LogP contribution in [0.25, 0.3) is 52.5 Å². The number of benzene rings is 8. The first kappa shape index (κ1) is 32.2. The molecular formula is C50H34N2S2. The van der Waals surface area contributed by atoms with E-state index >= 15 is 0 Å². The molecule has 0 unspecified atom stereocenters. The minimum Gasteiger partial charge on any atom is -0.310 e. The van der Waals surface area contributed by atoms with Gasteiger partial charge in [-0.15, -0.1) is 22.7 Å². The summed E-state index contributed by atoms with van der Waals surface area (Å²) in [6.45, 7) is 0. The monoisotopic (exact) mass is 726 g/mol. The molecule has 0 saturated heterocycles. The molecule has 8 aromatic carbocycles. The lowest BCUT2D eigenvalue weighted by Gasteiger charge is -2.26. The summed E-state index contributed by atoms with van der Waals surface area (Å²) in [5.41, 5.74) is 11.6. The molecule has 0 fully saturated rings. The Labute approximate surface area is 323 Å². The normalized spacial score (nSPS) is 11.3. The quantitative estimate of drug-likeness (QED) is 0.154. The maximum absolute atomic E-state index is 2.37. The fourth-order valence-electron chi connectivity index (χ4n) is 7.45. The summed E-state index contributed by atoms with van der Waals surface area (Å²) in [6.07, 6.45) is 0. The minimum atomic E-state index is 1.11. The molecular weight excluding hydrogens is 693 g/mol. The van der Waals surface area contributed by atoms with Crippen LogP contribution in [-0.2, 0) is 0 Å². The summed E-state index contributed by atoms with van der Waals surface area (Å²) in [5, 5.41) is 6.02. The van der Waals surface area contributed by atoms with Crippen molar-refractivity contribution < 1.29 is 0 Å². The van der Waals surface area contributed by atoms with E-state index in [9.17, 15) is 0 Å². The Hall–Kier alpha value is -6.46. The number of thiophene rings is 2. The maximum Gasteiger partial charge on any atom is 0.0476 e. The van der Waals surface area contributed by atoms with E-state index in [4.69, 9.17) is 0 Å². The SMILES string of the molecule is c1ccc(-c2ccc(N(c3ccc(-c4ccc(N(c5ccccc5)c5ccc6ccsc6c5)cc4)cc3)c3ccc4sc5ccccc5c4c3)cc2)cc1. The second-order valence-corrected chi connectivity index (χ2v) is 15.5. The van der Waals surface area contributed by atoms with Crippen molar-refractivity contribution >= 4 is 87.1 Å². The number of rotatable bonds is 8. The number of hydrogen-bond donors (Lipinski definition) is 0. The first-order chi connectivity index (χ1) is 26.7. The van der Waals surface area contributed by atoms with Crippen LogP contribution in [0.2, 0.25) is 0 Å². The van der Waals surface area contributed by atoms with Gasteiger partial charge >= 0.3 is 0 Å². The lowest BCUT2D eigenvalue weighted by atomic mass is 10.0. The highest BCUT2D eigenvalue weighted by molar-refractivity contribution is 7.25. The van der Waals surface area contributed by atoms with E-state index in [1.807, 2.05) is 11.3 Å². The van der Waals surface area contributed by atoms with Gasteiger partial charge in [0.2, 0.25) is 0 Å². The van der Waals surface area contributed by atoms with Gasteiger partial charge in [-0.1, -0.05) is 109 Å². The van der Waals surface area contributed by atoms with Crippen molar-refractivity contribution in [3.05, 3.63) is 206 Å². The van der Waals surface area contributed by atoms with Crippen molar-refractivity contribution in [3.63, 3.8) is 0 Å². The topological polar surface area (TPSA) is 6.48 Å². The molecule has 0 bridgehead atoms. The van der Waals surface area contributed by atoms with Gasteiger partial charge in [0.1, 0.15) is 0 Å². The smallest absolute Gasteiger partial charge is 0.0476 e. The number of nitrogens with zero attached hydrogens (tertiary/aromatic N) is 2. The molecule has 0 radical (unpaired) electrons. The Morgan fingerprint density at radius 3 is 1.39 bits per heavy atom. The van der Waals surface area contributed by atoms with E-state index in [1.54, 1.807) is 11.3 Å². The van der Waals surface area contributed by atoms with E-state index in [-0.39, 0.29) is 0 Å². The molecule has 4 heteroatoms. The first-order valence-electron chi connectivity index (χ1n) is 18.2. The van der Waals surface area contributed by atoms with Gasteiger partial charge in [0.05, 0.1) is 0 Å².